The lowest BCUT2D eigenvalue weighted by Gasteiger charge is -2.19. The zero-order valence-corrected chi connectivity index (χ0v) is 15.1. The van der Waals surface area contributed by atoms with Gasteiger partial charge in [-0.3, -0.25) is 4.21 Å². The monoisotopic (exact) mass is 366 g/mol. The van der Waals surface area contributed by atoms with E-state index in [2.05, 4.69) is 5.32 Å². The van der Waals surface area contributed by atoms with Crippen molar-refractivity contribution in [2.75, 3.05) is 31.8 Å². The molecular formula is C17H19ClN2O3S. The largest absolute Gasteiger partial charge is 0.492 e. The maximum atomic E-state index is 12.2. The fraction of sp³-hybridized carbons (Fsp3) is 0.235. The number of hydrogen-bond acceptors (Lipinski definition) is 3. The summed E-state index contributed by atoms with van der Waals surface area (Å²) >= 11 is 5.81. The first-order chi connectivity index (χ1) is 11.5. The number of nitrogens with zero attached hydrogens (tertiary/aromatic N) is 1. The normalized spacial score (nSPS) is 11.6. The van der Waals surface area contributed by atoms with Gasteiger partial charge in [0.2, 0.25) is 0 Å². The molecule has 128 valence electrons. The number of benzene rings is 2. The van der Waals surface area contributed by atoms with Gasteiger partial charge in [-0.2, -0.15) is 0 Å². The molecule has 1 atom stereocenters. The summed E-state index contributed by atoms with van der Waals surface area (Å²) in [6.45, 7) is 0.763. The number of nitrogens with one attached hydrogen (secondary N) is 1. The molecular weight excluding hydrogens is 348 g/mol. The van der Waals surface area contributed by atoms with Crippen molar-refractivity contribution in [3.8, 4) is 5.75 Å². The summed E-state index contributed by atoms with van der Waals surface area (Å²) in [5.41, 5.74) is 0.550. The maximum absolute atomic E-state index is 12.2. The Kier molecular flexibility index (Phi) is 6.63. The van der Waals surface area contributed by atoms with Crippen molar-refractivity contribution in [1.29, 1.82) is 0 Å². The van der Waals surface area contributed by atoms with E-state index in [9.17, 15) is 9.00 Å². The first-order valence-corrected chi connectivity index (χ1v) is 9.24. The smallest absolute Gasteiger partial charge is 0.321 e. The van der Waals surface area contributed by atoms with Crippen LogP contribution in [0.3, 0.4) is 0 Å². The second kappa shape index (κ2) is 8.70. The third-order valence-corrected chi connectivity index (χ3v) is 4.52. The predicted octanol–water partition coefficient (Wildman–Crippen LogP) is 3.62. The van der Waals surface area contributed by atoms with E-state index in [0.29, 0.717) is 34.5 Å². The highest BCUT2D eigenvalue weighted by molar-refractivity contribution is 7.84. The summed E-state index contributed by atoms with van der Waals surface area (Å²) in [6, 6.07) is 13.8. The van der Waals surface area contributed by atoms with E-state index in [-0.39, 0.29) is 6.03 Å². The maximum Gasteiger partial charge on any atom is 0.321 e. The summed E-state index contributed by atoms with van der Waals surface area (Å²) in [4.78, 5) is 14.3. The van der Waals surface area contributed by atoms with Gasteiger partial charge < -0.3 is 15.0 Å². The second-order valence-corrected chi connectivity index (χ2v) is 6.89. The van der Waals surface area contributed by atoms with E-state index in [4.69, 9.17) is 16.3 Å². The van der Waals surface area contributed by atoms with Gasteiger partial charge in [0, 0.05) is 18.3 Å². The van der Waals surface area contributed by atoms with Crippen LogP contribution in [-0.2, 0) is 10.8 Å². The third-order valence-electron chi connectivity index (χ3n) is 3.29. The summed E-state index contributed by atoms with van der Waals surface area (Å²) < 4.78 is 17.3. The van der Waals surface area contributed by atoms with Crippen molar-refractivity contribution in [2.24, 2.45) is 0 Å². The predicted molar refractivity (Wildman–Crippen MR) is 97.4 cm³/mol. The highest BCUT2D eigenvalue weighted by Crippen LogP contribution is 2.18. The van der Waals surface area contributed by atoms with E-state index in [1.165, 1.54) is 4.90 Å². The lowest BCUT2D eigenvalue weighted by molar-refractivity contribution is 0.207. The van der Waals surface area contributed by atoms with E-state index in [0.717, 1.165) is 0 Å². The number of urea groups is 1. The van der Waals surface area contributed by atoms with Gasteiger partial charge in [-0.1, -0.05) is 23.7 Å². The molecule has 0 heterocycles. The van der Waals surface area contributed by atoms with Crippen LogP contribution in [0.2, 0.25) is 5.02 Å². The lowest BCUT2D eigenvalue weighted by Crippen LogP contribution is -2.34. The van der Waals surface area contributed by atoms with Crippen LogP contribution < -0.4 is 10.1 Å². The molecule has 0 aromatic heterocycles. The van der Waals surface area contributed by atoms with E-state index < -0.39 is 10.8 Å². The van der Waals surface area contributed by atoms with Crippen LogP contribution in [-0.4, -0.2) is 41.6 Å². The zero-order valence-electron chi connectivity index (χ0n) is 13.5. The summed E-state index contributed by atoms with van der Waals surface area (Å²) in [6.07, 6.45) is 1.58. The molecule has 1 N–H and O–H groups in total. The van der Waals surface area contributed by atoms with E-state index in [1.807, 2.05) is 0 Å². The summed E-state index contributed by atoms with van der Waals surface area (Å²) in [5.74, 6) is 0.694. The number of likely N-dealkylation sites (N-methyl/N-ethyl adjacent to an activating group) is 1. The topological polar surface area (TPSA) is 58.6 Å². The van der Waals surface area contributed by atoms with Crippen molar-refractivity contribution in [1.82, 2.24) is 4.90 Å². The number of para-hydroxylation sites is 1. The molecule has 0 saturated heterocycles. The van der Waals surface area contributed by atoms with E-state index in [1.54, 1.807) is 61.8 Å². The number of amides is 2. The molecule has 0 spiro atoms. The van der Waals surface area contributed by atoms with Crippen LogP contribution in [0.1, 0.15) is 0 Å². The minimum Gasteiger partial charge on any atom is -0.492 e. The fourth-order valence-electron chi connectivity index (χ4n) is 1.96. The Morgan fingerprint density at radius 3 is 2.54 bits per heavy atom. The molecule has 24 heavy (non-hydrogen) atoms. The Morgan fingerprint density at radius 1 is 1.21 bits per heavy atom. The Balaban J connectivity index is 1.86. The molecule has 2 aromatic carbocycles. The highest BCUT2D eigenvalue weighted by Gasteiger charge is 2.12. The Bertz CT molecular complexity index is 722. The molecule has 0 aliphatic rings. The van der Waals surface area contributed by atoms with E-state index >= 15 is 0 Å². The number of rotatable bonds is 6. The number of carbonyl (C=O) groups excluding carboxylic acids is 1. The van der Waals surface area contributed by atoms with Gasteiger partial charge in [0.25, 0.3) is 0 Å². The van der Waals surface area contributed by atoms with Crippen LogP contribution in [0, 0.1) is 0 Å². The number of carbonyl (C=O) groups is 1. The van der Waals surface area contributed by atoms with Crippen LogP contribution in [0.25, 0.3) is 0 Å². The molecule has 2 amide bonds. The van der Waals surface area contributed by atoms with Gasteiger partial charge in [0.15, 0.2) is 0 Å². The average molecular weight is 367 g/mol. The molecule has 0 saturated carbocycles. The Labute approximate surface area is 149 Å². The summed E-state index contributed by atoms with van der Waals surface area (Å²) in [5, 5.41) is 3.41. The molecule has 0 fully saturated rings. The molecule has 0 bridgehead atoms. The minimum atomic E-state index is -1.17. The van der Waals surface area contributed by atoms with Crippen molar-refractivity contribution in [3.05, 3.63) is 53.6 Å². The van der Waals surface area contributed by atoms with Crippen LogP contribution in [0.15, 0.2) is 53.4 Å². The van der Waals surface area contributed by atoms with Crippen molar-refractivity contribution in [2.45, 2.75) is 4.90 Å². The number of anilines is 1. The van der Waals surface area contributed by atoms with Gasteiger partial charge in [-0.25, -0.2) is 4.79 Å². The molecule has 2 rings (SSSR count). The van der Waals surface area contributed by atoms with Gasteiger partial charge in [-0.15, -0.1) is 0 Å². The van der Waals surface area contributed by atoms with Gasteiger partial charge >= 0.3 is 6.03 Å². The molecule has 1 unspecified atom stereocenters. The third kappa shape index (κ3) is 5.25. The first kappa shape index (κ1) is 18.3. The summed E-state index contributed by atoms with van der Waals surface area (Å²) in [7, 11) is 0.502. The second-order valence-electron chi connectivity index (χ2n) is 5.10. The molecule has 2 aromatic rings. The average Bonchev–Trinajstić information content (AvgIpc) is 2.56. The number of ether oxygens (including phenoxy) is 1. The number of hydrogen-bond donors (Lipinski definition) is 1. The quantitative estimate of drug-likeness (QED) is 0.849. The van der Waals surface area contributed by atoms with Gasteiger partial charge in [0.1, 0.15) is 12.4 Å². The molecule has 5 nitrogen and oxygen atoms in total. The Hall–Kier alpha value is -2.05. The SMILES string of the molecule is CN(CCOc1ccc(Cl)cc1)C(=O)Nc1ccccc1S(C)=O. The molecule has 0 radical (unpaired) electrons. The van der Waals surface area contributed by atoms with Crippen molar-refractivity contribution < 1.29 is 13.7 Å². The van der Waals surface area contributed by atoms with Crippen molar-refractivity contribution >= 4 is 34.1 Å². The van der Waals surface area contributed by atoms with Gasteiger partial charge in [-0.05, 0) is 36.4 Å². The molecule has 0 aliphatic carbocycles. The Morgan fingerprint density at radius 2 is 1.88 bits per heavy atom. The lowest BCUT2D eigenvalue weighted by atomic mass is 10.3. The molecule has 0 aliphatic heterocycles. The van der Waals surface area contributed by atoms with Gasteiger partial charge in [0.05, 0.1) is 27.9 Å². The van der Waals surface area contributed by atoms with Crippen LogP contribution in [0.4, 0.5) is 10.5 Å². The van der Waals surface area contributed by atoms with Crippen molar-refractivity contribution in [3.63, 3.8) is 0 Å². The van der Waals surface area contributed by atoms with Crippen LogP contribution >= 0.6 is 11.6 Å². The standard InChI is InChI=1S/C17H19ClN2O3S/c1-20(11-12-23-14-9-7-13(18)8-10-14)17(21)19-15-5-3-4-6-16(15)24(2)22/h3-10H,11-12H2,1-2H3,(H,19,21). The zero-order chi connectivity index (χ0) is 17.5. The van der Waals surface area contributed by atoms with Crippen LogP contribution in [0.5, 0.6) is 5.75 Å². The molecule has 7 heteroatoms. The first-order valence-electron chi connectivity index (χ1n) is 7.30. The fourth-order valence-corrected chi connectivity index (χ4v) is 2.79. The minimum absolute atomic E-state index is 0.285. The number of halogens is 1. The highest BCUT2D eigenvalue weighted by atomic mass is 35.5.